The average Bonchev–Trinajstić information content (AvgIpc) is 2.81. The molecule has 4 rings (SSSR count). The van der Waals surface area contributed by atoms with Crippen molar-refractivity contribution < 1.29 is 9.50 Å². The lowest BCUT2D eigenvalue weighted by Crippen LogP contribution is -2.42. The minimum absolute atomic E-state index is 0.0299. The van der Waals surface area contributed by atoms with Crippen LogP contribution in [0.1, 0.15) is 24.0 Å². The molecule has 0 atom stereocenters. The number of benzene rings is 2. The number of hydrogen-bond acceptors (Lipinski definition) is 5. The number of nitrogens with two attached hydrogens (primary N) is 1. The van der Waals surface area contributed by atoms with Crippen LogP contribution in [-0.4, -0.2) is 28.8 Å². The third-order valence-corrected chi connectivity index (χ3v) is 6.09. The molecule has 7 heteroatoms. The fourth-order valence-corrected chi connectivity index (χ4v) is 4.20. The van der Waals surface area contributed by atoms with Crippen LogP contribution in [0.2, 0.25) is 0 Å². The predicted molar refractivity (Wildman–Crippen MR) is 123 cm³/mol. The zero-order valence-corrected chi connectivity index (χ0v) is 17.9. The molecular weight excluding hydrogens is 407 g/mol. The molecule has 0 radical (unpaired) electrons. The van der Waals surface area contributed by atoms with Gasteiger partial charge in [0.05, 0.1) is 17.9 Å². The van der Waals surface area contributed by atoms with E-state index in [1.54, 1.807) is 29.8 Å². The highest BCUT2D eigenvalue weighted by Gasteiger charge is 2.23. The van der Waals surface area contributed by atoms with Crippen molar-refractivity contribution in [3.63, 3.8) is 0 Å². The molecule has 0 aliphatic carbocycles. The van der Waals surface area contributed by atoms with E-state index in [0.717, 1.165) is 24.0 Å². The van der Waals surface area contributed by atoms with E-state index >= 15 is 0 Å². The number of hydrogen-bond donors (Lipinski definition) is 2. The summed E-state index contributed by atoms with van der Waals surface area (Å²) in [5.74, 6) is -0.606. The Labute approximate surface area is 186 Å². The van der Waals surface area contributed by atoms with E-state index in [1.807, 2.05) is 29.2 Å². The highest BCUT2D eigenvalue weighted by atomic mass is 19.1. The van der Waals surface area contributed by atoms with E-state index in [0.29, 0.717) is 35.6 Å². The molecule has 1 saturated heterocycles. The van der Waals surface area contributed by atoms with Gasteiger partial charge in [0, 0.05) is 31.7 Å². The first-order valence-corrected chi connectivity index (χ1v) is 10.6. The zero-order chi connectivity index (χ0) is 22.8. The van der Waals surface area contributed by atoms with Crippen LogP contribution in [-0.2, 0) is 13.7 Å². The molecule has 1 aromatic heterocycles. The van der Waals surface area contributed by atoms with Crippen molar-refractivity contribution in [3.8, 4) is 28.5 Å². The normalized spacial score (nSPS) is 14.4. The van der Waals surface area contributed by atoms with Gasteiger partial charge in [-0.25, -0.2) is 4.39 Å². The molecular formula is C25H25FN4O2. The Morgan fingerprint density at radius 1 is 1.12 bits per heavy atom. The summed E-state index contributed by atoms with van der Waals surface area (Å²) in [6.07, 6.45) is 1.60. The van der Waals surface area contributed by atoms with Gasteiger partial charge >= 0.3 is 0 Å². The number of rotatable bonds is 4. The number of anilines is 1. The Bertz CT molecular complexity index is 1240. The fourth-order valence-electron chi connectivity index (χ4n) is 4.20. The summed E-state index contributed by atoms with van der Waals surface area (Å²) >= 11 is 0. The summed E-state index contributed by atoms with van der Waals surface area (Å²) in [4.78, 5) is 15.4. The van der Waals surface area contributed by atoms with Crippen molar-refractivity contribution >= 4 is 5.69 Å². The first-order chi connectivity index (χ1) is 15.4. The molecule has 0 saturated carbocycles. The van der Waals surface area contributed by atoms with Gasteiger partial charge in [-0.05, 0) is 47.7 Å². The molecule has 3 aromatic rings. The average molecular weight is 432 g/mol. The number of aliphatic hydroxyl groups is 1. The van der Waals surface area contributed by atoms with Gasteiger partial charge in [-0.15, -0.1) is 0 Å². The molecule has 2 aromatic carbocycles. The number of aliphatic hydroxyl groups excluding tert-OH is 1. The predicted octanol–water partition coefficient (Wildman–Crippen LogP) is 3.15. The Morgan fingerprint density at radius 3 is 2.38 bits per heavy atom. The van der Waals surface area contributed by atoms with Crippen LogP contribution < -0.4 is 16.2 Å². The number of nitrogens with zero attached hydrogens (tertiary/aromatic N) is 3. The number of piperidine rings is 1. The molecule has 0 unspecified atom stereocenters. The molecule has 32 heavy (non-hydrogen) atoms. The molecule has 0 spiro atoms. The molecule has 1 aliphatic rings. The largest absolute Gasteiger partial charge is 0.392 e. The van der Waals surface area contributed by atoms with E-state index in [1.165, 1.54) is 12.1 Å². The summed E-state index contributed by atoms with van der Waals surface area (Å²) in [6, 6.07) is 15.5. The quantitative estimate of drug-likeness (QED) is 0.660. The number of nitriles is 1. The van der Waals surface area contributed by atoms with Gasteiger partial charge in [0.2, 0.25) is 0 Å². The van der Waals surface area contributed by atoms with Crippen molar-refractivity contribution in [3.05, 3.63) is 75.8 Å². The van der Waals surface area contributed by atoms with Gasteiger partial charge < -0.3 is 20.3 Å². The van der Waals surface area contributed by atoms with Crippen LogP contribution in [0.25, 0.3) is 22.4 Å². The third kappa shape index (κ3) is 4.03. The molecule has 6 nitrogen and oxygen atoms in total. The van der Waals surface area contributed by atoms with Gasteiger partial charge in [-0.1, -0.05) is 30.3 Å². The summed E-state index contributed by atoms with van der Waals surface area (Å²) in [7, 11) is 1.71. The SMILES string of the molecule is Cn1c(-c2ccc(CO)cc2)c(-c2ccc(C#N)c(F)c2)cc(N2CCC(N)CC2)c1=O. The zero-order valence-electron chi connectivity index (χ0n) is 17.9. The van der Waals surface area contributed by atoms with Crippen LogP contribution in [0.4, 0.5) is 10.1 Å². The van der Waals surface area contributed by atoms with Crippen molar-refractivity contribution in [1.82, 2.24) is 4.57 Å². The lowest BCUT2D eigenvalue weighted by Gasteiger charge is -2.32. The summed E-state index contributed by atoms with van der Waals surface area (Å²) in [6.45, 7) is 1.28. The van der Waals surface area contributed by atoms with Crippen LogP contribution >= 0.6 is 0 Å². The monoisotopic (exact) mass is 432 g/mol. The maximum absolute atomic E-state index is 14.5. The van der Waals surface area contributed by atoms with Crippen molar-refractivity contribution in [2.75, 3.05) is 18.0 Å². The smallest absolute Gasteiger partial charge is 0.274 e. The Balaban J connectivity index is 1.93. The Kier molecular flexibility index (Phi) is 6.08. The summed E-state index contributed by atoms with van der Waals surface area (Å²) < 4.78 is 16.1. The topological polar surface area (TPSA) is 95.3 Å². The second kappa shape index (κ2) is 8.95. The molecule has 1 fully saturated rings. The second-order valence-electron chi connectivity index (χ2n) is 8.14. The van der Waals surface area contributed by atoms with Gasteiger partial charge in [0.1, 0.15) is 17.6 Å². The molecule has 3 N–H and O–H groups in total. The highest BCUT2D eigenvalue weighted by molar-refractivity contribution is 5.84. The number of pyridine rings is 1. The first-order valence-electron chi connectivity index (χ1n) is 10.6. The fraction of sp³-hybridized carbons (Fsp3) is 0.280. The third-order valence-electron chi connectivity index (χ3n) is 6.09. The molecule has 0 amide bonds. The maximum Gasteiger partial charge on any atom is 0.274 e. The van der Waals surface area contributed by atoms with Gasteiger partial charge in [-0.3, -0.25) is 4.79 Å². The highest BCUT2D eigenvalue weighted by Crippen LogP contribution is 2.34. The van der Waals surface area contributed by atoms with E-state index in [9.17, 15) is 14.3 Å². The Morgan fingerprint density at radius 2 is 1.78 bits per heavy atom. The van der Waals surface area contributed by atoms with Crippen molar-refractivity contribution in [2.45, 2.75) is 25.5 Å². The summed E-state index contributed by atoms with van der Waals surface area (Å²) in [5.41, 5.74) is 9.85. The van der Waals surface area contributed by atoms with E-state index in [4.69, 9.17) is 11.0 Å². The van der Waals surface area contributed by atoms with Crippen LogP contribution in [0, 0.1) is 17.1 Å². The van der Waals surface area contributed by atoms with E-state index < -0.39 is 5.82 Å². The first kappa shape index (κ1) is 21.8. The van der Waals surface area contributed by atoms with Gasteiger partial charge in [-0.2, -0.15) is 5.26 Å². The van der Waals surface area contributed by atoms with Crippen LogP contribution in [0.3, 0.4) is 0 Å². The standard InChI is InChI=1S/C25H25FN4O2/c1-29-24(17-4-2-16(15-31)3-5-17)21(18-6-7-19(14-27)22(26)12-18)13-23(25(29)32)30-10-8-20(28)9-11-30/h2-7,12-13,20,31H,8-11,15,28H2,1H3. The van der Waals surface area contributed by atoms with Crippen LogP contribution in [0.15, 0.2) is 53.3 Å². The lowest BCUT2D eigenvalue weighted by molar-refractivity contribution is 0.282. The van der Waals surface area contributed by atoms with E-state index in [2.05, 4.69) is 0 Å². The van der Waals surface area contributed by atoms with E-state index in [-0.39, 0.29) is 23.8 Å². The second-order valence-corrected chi connectivity index (χ2v) is 8.14. The molecule has 164 valence electrons. The van der Waals surface area contributed by atoms with Crippen molar-refractivity contribution in [2.24, 2.45) is 12.8 Å². The molecule has 1 aliphatic heterocycles. The molecule has 0 bridgehead atoms. The van der Waals surface area contributed by atoms with Crippen LogP contribution in [0.5, 0.6) is 0 Å². The minimum atomic E-state index is -0.606. The van der Waals surface area contributed by atoms with Crippen molar-refractivity contribution in [1.29, 1.82) is 5.26 Å². The number of aromatic nitrogens is 1. The number of halogens is 1. The lowest BCUT2D eigenvalue weighted by atomic mass is 9.96. The minimum Gasteiger partial charge on any atom is -0.392 e. The van der Waals surface area contributed by atoms with Gasteiger partial charge in [0.25, 0.3) is 5.56 Å². The maximum atomic E-state index is 14.5. The molecule has 2 heterocycles. The van der Waals surface area contributed by atoms with Gasteiger partial charge in [0.15, 0.2) is 0 Å². The summed E-state index contributed by atoms with van der Waals surface area (Å²) in [5, 5.41) is 18.5. The Hall–Kier alpha value is -3.47.